The number of aliphatic hydroxyl groups is 1. The third-order valence-electron chi connectivity index (χ3n) is 7.79. The molecule has 42 heavy (non-hydrogen) atoms. The number of hydrogen-bond acceptors (Lipinski definition) is 6. The second-order valence-electron chi connectivity index (χ2n) is 11.2. The third-order valence-corrected chi connectivity index (χ3v) is 8.18. The zero-order valence-electron chi connectivity index (χ0n) is 24.1. The van der Waals surface area contributed by atoms with Crippen LogP contribution in [-0.4, -0.2) is 70.6 Å². The molecule has 9 nitrogen and oxygen atoms in total. The molecular formula is C32H37N4O5P. The quantitative estimate of drug-likeness (QED) is 0.365. The SMILES string of the molecule is CCOc1cc(C(C)(C)CO)ccc1C1=NC(c2ccc(P)cc2)C(c2ccc(O)cc2)N1C(=O)N1CCNC(=O)C1. The zero-order valence-corrected chi connectivity index (χ0v) is 25.2. The van der Waals surface area contributed by atoms with Crippen molar-refractivity contribution in [2.75, 3.05) is 32.8 Å². The molecule has 1 saturated heterocycles. The summed E-state index contributed by atoms with van der Waals surface area (Å²) in [5, 5.41) is 23.9. The van der Waals surface area contributed by atoms with Crippen LogP contribution in [0.2, 0.25) is 0 Å². The van der Waals surface area contributed by atoms with Gasteiger partial charge in [0.25, 0.3) is 0 Å². The van der Waals surface area contributed by atoms with E-state index in [1.807, 2.05) is 63.2 Å². The Morgan fingerprint density at radius 2 is 1.79 bits per heavy atom. The molecule has 2 heterocycles. The average Bonchev–Trinajstić information content (AvgIpc) is 3.38. The van der Waals surface area contributed by atoms with E-state index in [1.165, 1.54) is 0 Å². The molecular weight excluding hydrogens is 551 g/mol. The molecule has 3 aromatic carbocycles. The summed E-state index contributed by atoms with van der Waals surface area (Å²) >= 11 is 0. The van der Waals surface area contributed by atoms with Crippen LogP contribution >= 0.6 is 9.24 Å². The Hall–Kier alpha value is -3.94. The molecule has 220 valence electrons. The van der Waals surface area contributed by atoms with Gasteiger partial charge in [-0.15, -0.1) is 9.24 Å². The molecule has 0 bridgehead atoms. The average molecular weight is 589 g/mol. The Kier molecular flexibility index (Phi) is 8.53. The van der Waals surface area contributed by atoms with Crippen LogP contribution < -0.4 is 15.4 Å². The maximum atomic E-state index is 14.4. The molecule has 0 radical (unpaired) electrons. The van der Waals surface area contributed by atoms with Gasteiger partial charge in [-0.2, -0.15) is 0 Å². The number of piperazine rings is 1. The van der Waals surface area contributed by atoms with Gasteiger partial charge in [0.1, 0.15) is 29.9 Å². The lowest BCUT2D eigenvalue weighted by atomic mass is 9.85. The maximum Gasteiger partial charge on any atom is 0.326 e. The Morgan fingerprint density at radius 1 is 1.10 bits per heavy atom. The van der Waals surface area contributed by atoms with E-state index in [4.69, 9.17) is 9.73 Å². The van der Waals surface area contributed by atoms with E-state index in [-0.39, 0.29) is 30.8 Å². The smallest absolute Gasteiger partial charge is 0.326 e. The van der Waals surface area contributed by atoms with Crippen LogP contribution in [-0.2, 0) is 10.2 Å². The van der Waals surface area contributed by atoms with Crippen molar-refractivity contribution in [3.05, 3.63) is 89.0 Å². The Morgan fingerprint density at radius 3 is 2.43 bits per heavy atom. The molecule has 3 amide bonds. The fraction of sp³-hybridized carbons (Fsp3) is 0.344. The van der Waals surface area contributed by atoms with E-state index in [0.29, 0.717) is 36.8 Å². The monoisotopic (exact) mass is 588 g/mol. The predicted octanol–water partition coefficient (Wildman–Crippen LogP) is 3.66. The number of carbonyl (C=O) groups is 2. The largest absolute Gasteiger partial charge is 0.508 e. The normalized spacial score (nSPS) is 19.0. The van der Waals surface area contributed by atoms with Gasteiger partial charge in [-0.25, -0.2) is 4.79 Å². The Bertz CT molecular complexity index is 1490. The molecule has 3 N–H and O–H groups in total. The van der Waals surface area contributed by atoms with Gasteiger partial charge in [-0.05, 0) is 53.2 Å². The van der Waals surface area contributed by atoms with Crippen molar-refractivity contribution in [1.29, 1.82) is 0 Å². The van der Waals surface area contributed by atoms with Gasteiger partial charge in [0.05, 0.1) is 24.8 Å². The summed E-state index contributed by atoms with van der Waals surface area (Å²) in [6.07, 6.45) is 0. The number of hydrogen-bond donors (Lipinski definition) is 3. The number of ether oxygens (including phenoxy) is 1. The first-order chi connectivity index (χ1) is 20.1. The summed E-state index contributed by atoms with van der Waals surface area (Å²) in [6.45, 7) is 6.82. The minimum atomic E-state index is -0.559. The fourth-order valence-corrected chi connectivity index (χ4v) is 5.54. The van der Waals surface area contributed by atoms with E-state index < -0.39 is 17.5 Å². The number of nitrogens with zero attached hydrogens (tertiary/aromatic N) is 3. The number of phenolic OH excluding ortho intramolecular Hbond substituents is 1. The minimum absolute atomic E-state index is 0.0444. The number of urea groups is 1. The summed E-state index contributed by atoms with van der Waals surface area (Å²) in [6, 6.07) is 19.1. The third kappa shape index (κ3) is 5.85. The second-order valence-corrected chi connectivity index (χ2v) is 11.9. The number of aromatic hydroxyl groups is 1. The van der Waals surface area contributed by atoms with Crippen LogP contribution in [0.3, 0.4) is 0 Å². The number of amidine groups is 1. The van der Waals surface area contributed by atoms with E-state index in [0.717, 1.165) is 22.0 Å². The number of aliphatic imine (C=N–C) groups is 1. The van der Waals surface area contributed by atoms with Gasteiger partial charge >= 0.3 is 6.03 Å². The molecule has 5 rings (SSSR count). The summed E-state index contributed by atoms with van der Waals surface area (Å²) < 4.78 is 6.12. The van der Waals surface area contributed by atoms with Crippen molar-refractivity contribution in [1.82, 2.24) is 15.1 Å². The van der Waals surface area contributed by atoms with Gasteiger partial charge in [0, 0.05) is 18.5 Å². The standard InChI is InChI=1S/C32H37N4O5P/c1-4-41-26-17-22(32(2,3)19-37)9-14-25(26)30-34-28(20-7-12-24(42)13-8-20)29(21-5-10-23(38)11-6-21)36(30)31(40)35-16-15-33-27(39)18-35/h5-14,17,28-29,37-38H,4,15-16,18-19,42H2,1-3H3,(H,33,39). The minimum Gasteiger partial charge on any atom is -0.508 e. The van der Waals surface area contributed by atoms with Gasteiger partial charge in [0.15, 0.2) is 0 Å². The summed E-state index contributed by atoms with van der Waals surface area (Å²) in [5.74, 6) is 0.885. The van der Waals surface area contributed by atoms with Crippen LogP contribution in [0.5, 0.6) is 11.5 Å². The highest BCUT2D eigenvalue weighted by Gasteiger charge is 2.45. The second kappa shape index (κ2) is 12.1. The highest BCUT2D eigenvalue weighted by atomic mass is 31.0. The molecule has 2 aliphatic rings. The van der Waals surface area contributed by atoms with Crippen molar-refractivity contribution in [3.63, 3.8) is 0 Å². The van der Waals surface area contributed by atoms with Gasteiger partial charge in [-0.1, -0.05) is 56.3 Å². The molecule has 3 atom stereocenters. The Labute approximate surface area is 248 Å². The number of benzene rings is 3. The van der Waals surface area contributed by atoms with Crippen molar-refractivity contribution >= 4 is 32.3 Å². The van der Waals surface area contributed by atoms with Crippen LogP contribution in [0.25, 0.3) is 0 Å². The van der Waals surface area contributed by atoms with E-state index in [2.05, 4.69) is 14.6 Å². The number of aliphatic hydroxyl groups excluding tert-OH is 1. The lowest BCUT2D eigenvalue weighted by molar-refractivity contribution is -0.123. The molecule has 10 heteroatoms. The van der Waals surface area contributed by atoms with Gasteiger partial charge < -0.3 is 25.2 Å². The molecule has 1 fully saturated rings. The van der Waals surface area contributed by atoms with Gasteiger partial charge in [-0.3, -0.25) is 14.7 Å². The van der Waals surface area contributed by atoms with E-state index in [9.17, 15) is 19.8 Å². The molecule has 0 spiro atoms. The molecule has 3 aromatic rings. The zero-order chi connectivity index (χ0) is 30.0. The predicted molar refractivity (Wildman–Crippen MR) is 165 cm³/mol. The first-order valence-corrected chi connectivity index (χ1v) is 14.7. The lowest BCUT2D eigenvalue weighted by Crippen LogP contribution is -2.55. The number of nitrogens with one attached hydrogen (secondary N) is 1. The maximum absolute atomic E-state index is 14.4. The lowest BCUT2D eigenvalue weighted by Gasteiger charge is -2.36. The van der Waals surface area contributed by atoms with Crippen LogP contribution in [0.4, 0.5) is 4.79 Å². The van der Waals surface area contributed by atoms with E-state index >= 15 is 0 Å². The summed E-state index contributed by atoms with van der Waals surface area (Å²) in [5.41, 5.74) is 2.73. The summed E-state index contributed by atoms with van der Waals surface area (Å²) in [4.78, 5) is 35.2. The molecule has 0 aliphatic carbocycles. The molecule has 3 unspecified atom stereocenters. The molecule has 2 aliphatic heterocycles. The first kappa shape index (κ1) is 29.5. The first-order valence-electron chi connectivity index (χ1n) is 14.1. The summed E-state index contributed by atoms with van der Waals surface area (Å²) in [7, 11) is 2.68. The van der Waals surface area contributed by atoms with Crippen LogP contribution in [0.1, 0.15) is 55.1 Å². The number of carbonyl (C=O) groups excluding carboxylic acids is 2. The van der Waals surface area contributed by atoms with Crippen molar-refractivity contribution in [2.24, 2.45) is 4.99 Å². The highest BCUT2D eigenvalue weighted by Crippen LogP contribution is 2.45. The van der Waals surface area contributed by atoms with Crippen LogP contribution in [0, 0.1) is 0 Å². The van der Waals surface area contributed by atoms with Crippen molar-refractivity contribution < 1.29 is 24.5 Å². The van der Waals surface area contributed by atoms with Gasteiger partial charge in [0.2, 0.25) is 5.91 Å². The van der Waals surface area contributed by atoms with E-state index in [1.54, 1.807) is 34.1 Å². The number of rotatable bonds is 7. The van der Waals surface area contributed by atoms with Crippen LogP contribution in [0.15, 0.2) is 71.7 Å². The number of phenols is 1. The fourth-order valence-electron chi connectivity index (χ4n) is 5.35. The number of amides is 3. The topological polar surface area (TPSA) is 115 Å². The highest BCUT2D eigenvalue weighted by molar-refractivity contribution is 7.27. The molecule has 0 aromatic heterocycles. The van der Waals surface area contributed by atoms with Crippen molar-refractivity contribution in [3.8, 4) is 11.5 Å². The Balaban J connectivity index is 1.71. The molecule has 0 saturated carbocycles. The van der Waals surface area contributed by atoms with Crippen molar-refractivity contribution in [2.45, 2.75) is 38.3 Å².